The molecule has 0 aliphatic rings. The molecule has 3 N–H and O–H groups in total. The van der Waals surface area contributed by atoms with Crippen LogP contribution in [0.15, 0.2) is 36.4 Å². The molecule has 0 aromatic heterocycles. The predicted molar refractivity (Wildman–Crippen MR) is 98.3 cm³/mol. The number of aromatic hydroxyl groups is 2. The van der Waals surface area contributed by atoms with Gasteiger partial charge in [-0.15, -0.1) is 0 Å². The molecule has 2 aromatic rings. The van der Waals surface area contributed by atoms with Gasteiger partial charge in [0.2, 0.25) is 0 Å². The molecule has 0 aliphatic heterocycles. The third-order valence-electron chi connectivity index (χ3n) is 4.12. The molecule has 0 amide bonds. The van der Waals surface area contributed by atoms with Crippen molar-refractivity contribution in [1.82, 2.24) is 4.90 Å². The van der Waals surface area contributed by atoms with E-state index < -0.39 is 6.10 Å². The van der Waals surface area contributed by atoms with Crippen LogP contribution in [0.25, 0.3) is 0 Å². The standard InChI is InChI=1S/C19H24ClNO4/c1-12(2)21(10-13-4-7-19(25-3)15(20)8-13)11-18(24)14-5-6-16(22)17(23)9-14/h4-9,12,18,22-24H,10-11H2,1-3H3. The monoisotopic (exact) mass is 365 g/mol. The number of phenols is 2. The topological polar surface area (TPSA) is 73.2 Å². The van der Waals surface area contributed by atoms with E-state index in [2.05, 4.69) is 4.90 Å². The van der Waals surface area contributed by atoms with Crippen LogP contribution in [-0.2, 0) is 6.54 Å². The molecule has 0 radical (unpaired) electrons. The third-order valence-corrected chi connectivity index (χ3v) is 4.42. The van der Waals surface area contributed by atoms with E-state index in [1.807, 2.05) is 32.0 Å². The van der Waals surface area contributed by atoms with Gasteiger partial charge in [-0.1, -0.05) is 23.7 Å². The maximum absolute atomic E-state index is 10.5. The second-order valence-electron chi connectivity index (χ2n) is 6.26. The molecule has 1 unspecified atom stereocenters. The fraction of sp³-hybridized carbons (Fsp3) is 0.368. The molecule has 136 valence electrons. The molecule has 2 rings (SSSR count). The van der Waals surface area contributed by atoms with E-state index in [0.29, 0.717) is 29.4 Å². The second-order valence-corrected chi connectivity index (χ2v) is 6.66. The zero-order valence-electron chi connectivity index (χ0n) is 14.6. The second kappa shape index (κ2) is 8.43. The predicted octanol–water partition coefficient (Wildman–Crippen LogP) is 3.70. The normalized spacial score (nSPS) is 12.6. The van der Waals surface area contributed by atoms with Crippen molar-refractivity contribution in [3.8, 4) is 17.2 Å². The lowest BCUT2D eigenvalue weighted by molar-refractivity contribution is 0.0906. The maximum atomic E-state index is 10.5. The molecule has 0 fully saturated rings. The summed E-state index contributed by atoms with van der Waals surface area (Å²) in [5.74, 6) is 0.181. The number of rotatable bonds is 7. The van der Waals surface area contributed by atoms with Gasteiger partial charge in [-0.05, 0) is 49.2 Å². The number of halogens is 1. The van der Waals surface area contributed by atoms with E-state index in [9.17, 15) is 15.3 Å². The fourth-order valence-corrected chi connectivity index (χ4v) is 2.86. The first-order valence-electron chi connectivity index (χ1n) is 8.08. The Labute approximate surface area is 153 Å². The number of hydrogen-bond donors (Lipinski definition) is 3. The van der Waals surface area contributed by atoms with Crippen LogP contribution in [0.3, 0.4) is 0 Å². The minimum absolute atomic E-state index is 0.196. The lowest BCUT2D eigenvalue weighted by Crippen LogP contribution is -2.34. The number of aliphatic hydroxyl groups excluding tert-OH is 1. The molecule has 1 atom stereocenters. The summed E-state index contributed by atoms with van der Waals surface area (Å²) < 4.78 is 5.17. The number of hydrogen-bond acceptors (Lipinski definition) is 5. The maximum Gasteiger partial charge on any atom is 0.157 e. The van der Waals surface area contributed by atoms with Crippen molar-refractivity contribution in [3.05, 3.63) is 52.5 Å². The number of benzene rings is 2. The molecule has 0 bridgehead atoms. The molecule has 2 aromatic carbocycles. The number of phenolic OH excluding ortho intramolecular Hbond substituents is 2. The highest BCUT2D eigenvalue weighted by molar-refractivity contribution is 6.32. The lowest BCUT2D eigenvalue weighted by atomic mass is 10.1. The number of nitrogens with zero attached hydrogens (tertiary/aromatic N) is 1. The first-order valence-corrected chi connectivity index (χ1v) is 8.46. The summed E-state index contributed by atoms with van der Waals surface area (Å²) >= 11 is 6.18. The van der Waals surface area contributed by atoms with E-state index >= 15 is 0 Å². The Morgan fingerprint density at radius 1 is 1.08 bits per heavy atom. The van der Waals surface area contributed by atoms with E-state index in [1.165, 1.54) is 12.1 Å². The summed E-state index contributed by atoms with van der Waals surface area (Å²) in [5.41, 5.74) is 1.56. The van der Waals surface area contributed by atoms with Gasteiger partial charge in [-0.25, -0.2) is 0 Å². The molecule has 5 nitrogen and oxygen atoms in total. The summed E-state index contributed by atoms with van der Waals surface area (Å²) in [6.07, 6.45) is -0.789. The van der Waals surface area contributed by atoms with Crippen LogP contribution in [0, 0.1) is 0 Å². The Kier molecular flexibility index (Phi) is 6.53. The zero-order valence-corrected chi connectivity index (χ0v) is 15.4. The van der Waals surface area contributed by atoms with Gasteiger partial charge in [-0.3, -0.25) is 4.90 Å². The Hall–Kier alpha value is -1.95. The van der Waals surface area contributed by atoms with E-state index in [-0.39, 0.29) is 17.5 Å². The quantitative estimate of drug-likeness (QED) is 0.652. The van der Waals surface area contributed by atoms with Gasteiger partial charge in [0.15, 0.2) is 11.5 Å². The highest BCUT2D eigenvalue weighted by Gasteiger charge is 2.18. The van der Waals surface area contributed by atoms with E-state index in [1.54, 1.807) is 13.2 Å². The first-order chi connectivity index (χ1) is 11.8. The van der Waals surface area contributed by atoms with Crippen molar-refractivity contribution in [1.29, 1.82) is 0 Å². The van der Waals surface area contributed by atoms with Gasteiger partial charge >= 0.3 is 0 Å². The average molecular weight is 366 g/mol. The highest BCUT2D eigenvalue weighted by atomic mass is 35.5. The Morgan fingerprint density at radius 2 is 1.80 bits per heavy atom. The van der Waals surface area contributed by atoms with Crippen LogP contribution >= 0.6 is 11.6 Å². The number of ether oxygens (including phenoxy) is 1. The van der Waals surface area contributed by atoms with Crippen molar-refractivity contribution >= 4 is 11.6 Å². The molecular weight excluding hydrogens is 342 g/mol. The summed E-state index contributed by atoms with van der Waals surface area (Å²) in [6, 6.07) is 10.2. The summed E-state index contributed by atoms with van der Waals surface area (Å²) in [7, 11) is 1.57. The van der Waals surface area contributed by atoms with Crippen molar-refractivity contribution < 1.29 is 20.1 Å². The van der Waals surface area contributed by atoms with Gasteiger partial charge in [0.25, 0.3) is 0 Å². The third kappa shape index (κ3) is 5.01. The van der Waals surface area contributed by atoms with Crippen LogP contribution in [0.5, 0.6) is 17.2 Å². The summed E-state index contributed by atoms with van der Waals surface area (Å²) in [6.45, 7) is 5.09. The molecule has 0 spiro atoms. The van der Waals surface area contributed by atoms with Crippen LogP contribution in [0.2, 0.25) is 5.02 Å². The summed E-state index contributed by atoms with van der Waals surface area (Å²) in [4.78, 5) is 2.10. The van der Waals surface area contributed by atoms with Crippen LogP contribution in [0.1, 0.15) is 31.1 Å². The molecule has 0 heterocycles. The molecule has 0 aliphatic carbocycles. The van der Waals surface area contributed by atoms with Crippen molar-refractivity contribution in [2.75, 3.05) is 13.7 Å². The van der Waals surface area contributed by atoms with Crippen LogP contribution < -0.4 is 4.74 Å². The average Bonchev–Trinajstić information content (AvgIpc) is 2.56. The molecule has 25 heavy (non-hydrogen) atoms. The minimum atomic E-state index is -0.789. The Morgan fingerprint density at radius 3 is 2.36 bits per heavy atom. The van der Waals surface area contributed by atoms with E-state index in [4.69, 9.17) is 16.3 Å². The molecule has 0 saturated heterocycles. The van der Waals surface area contributed by atoms with Gasteiger partial charge in [0.05, 0.1) is 18.2 Å². The van der Waals surface area contributed by atoms with Crippen molar-refractivity contribution in [2.45, 2.75) is 32.5 Å². The van der Waals surface area contributed by atoms with Crippen molar-refractivity contribution in [3.63, 3.8) is 0 Å². The first kappa shape index (κ1) is 19.4. The molecule has 0 saturated carbocycles. The van der Waals surface area contributed by atoms with Gasteiger partial charge in [0.1, 0.15) is 5.75 Å². The highest BCUT2D eigenvalue weighted by Crippen LogP contribution is 2.29. The smallest absolute Gasteiger partial charge is 0.157 e. The fourth-order valence-electron chi connectivity index (χ4n) is 2.58. The summed E-state index contributed by atoms with van der Waals surface area (Å²) in [5, 5.41) is 30.0. The van der Waals surface area contributed by atoms with Crippen LogP contribution in [0.4, 0.5) is 0 Å². The van der Waals surface area contributed by atoms with Gasteiger partial charge < -0.3 is 20.1 Å². The van der Waals surface area contributed by atoms with Gasteiger partial charge in [-0.2, -0.15) is 0 Å². The van der Waals surface area contributed by atoms with Gasteiger partial charge in [0, 0.05) is 19.1 Å². The largest absolute Gasteiger partial charge is 0.504 e. The Bertz CT molecular complexity index is 721. The molecular formula is C19H24ClNO4. The van der Waals surface area contributed by atoms with Crippen LogP contribution in [-0.4, -0.2) is 39.9 Å². The lowest BCUT2D eigenvalue weighted by Gasteiger charge is -2.29. The minimum Gasteiger partial charge on any atom is -0.504 e. The SMILES string of the molecule is COc1ccc(CN(CC(O)c2ccc(O)c(O)c2)C(C)C)cc1Cl. The molecule has 6 heteroatoms. The number of aliphatic hydroxyl groups is 1. The zero-order chi connectivity index (χ0) is 18.6. The number of methoxy groups -OCH3 is 1. The van der Waals surface area contributed by atoms with Crippen molar-refractivity contribution in [2.24, 2.45) is 0 Å². The van der Waals surface area contributed by atoms with E-state index in [0.717, 1.165) is 5.56 Å². The Balaban J connectivity index is 2.12.